The van der Waals surface area contributed by atoms with Crippen molar-refractivity contribution in [2.24, 2.45) is 4.99 Å². The van der Waals surface area contributed by atoms with Crippen molar-refractivity contribution in [3.05, 3.63) is 24.3 Å². The Morgan fingerprint density at radius 1 is 1.17 bits per heavy atom. The molecule has 3 N–H and O–H groups in total. The number of ether oxygens (including phenoxy) is 3. The highest BCUT2D eigenvalue weighted by Gasteiger charge is 2.22. The number of carbonyl (C=O) groups is 1. The molecule has 0 saturated heterocycles. The number of methoxy groups -OCH3 is 1. The molecule has 0 aliphatic heterocycles. The van der Waals surface area contributed by atoms with E-state index >= 15 is 0 Å². The van der Waals surface area contributed by atoms with Crippen molar-refractivity contribution < 1.29 is 19.0 Å². The molecule has 9 heteroatoms. The van der Waals surface area contributed by atoms with Gasteiger partial charge < -0.3 is 30.2 Å². The van der Waals surface area contributed by atoms with E-state index in [1.165, 1.54) is 0 Å². The Labute approximate surface area is 196 Å². The van der Waals surface area contributed by atoms with Crippen LogP contribution in [0.5, 0.6) is 5.75 Å². The van der Waals surface area contributed by atoms with Crippen LogP contribution >= 0.6 is 24.0 Å². The van der Waals surface area contributed by atoms with Crippen molar-refractivity contribution in [3.8, 4) is 5.75 Å². The van der Waals surface area contributed by atoms with Crippen LogP contribution in [0.25, 0.3) is 0 Å². The van der Waals surface area contributed by atoms with Gasteiger partial charge in [-0.05, 0) is 57.4 Å². The summed E-state index contributed by atoms with van der Waals surface area (Å²) in [5.74, 6) is 1.32. The lowest BCUT2D eigenvalue weighted by atomic mass is 10.3. The molecule has 1 fully saturated rings. The van der Waals surface area contributed by atoms with Gasteiger partial charge in [-0.1, -0.05) is 0 Å². The van der Waals surface area contributed by atoms with Gasteiger partial charge in [-0.2, -0.15) is 0 Å². The zero-order valence-electron chi connectivity index (χ0n) is 18.1. The first-order valence-corrected chi connectivity index (χ1v) is 10.2. The molecule has 30 heavy (non-hydrogen) atoms. The summed E-state index contributed by atoms with van der Waals surface area (Å²) in [5, 5.41) is 9.43. The van der Waals surface area contributed by atoms with E-state index in [-0.39, 0.29) is 42.5 Å². The van der Waals surface area contributed by atoms with Crippen LogP contribution in [-0.2, 0) is 14.3 Å². The van der Waals surface area contributed by atoms with Crippen molar-refractivity contribution in [2.75, 3.05) is 45.3 Å². The summed E-state index contributed by atoms with van der Waals surface area (Å²) < 4.78 is 16.1. The third-order valence-electron chi connectivity index (χ3n) is 4.00. The molecule has 0 unspecified atom stereocenters. The third kappa shape index (κ3) is 12.2. The second-order valence-corrected chi connectivity index (χ2v) is 7.21. The predicted molar refractivity (Wildman–Crippen MR) is 130 cm³/mol. The van der Waals surface area contributed by atoms with E-state index in [0.717, 1.165) is 30.7 Å². The van der Waals surface area contributed by atoms with Crippen molar-refractivity contribution in [1.82, 2.24) is 10.6 Å². The molecule has 0 aromatic heterocycles. The second kappa shape index (κ2) is 15.2. The molecule has 1 aliphatic rings. The minimum Gasteiger partial charge on any atom is -0.491 e. The molecule has 1 saturated carbocycles. The van der Waals surface area contributed by atoms with Gasteiger partial charge in [-0.3, -0.25) is 4.79 Å². The molecular formula is C21H35IN4O4. The zero-order valence-corrected chi connectivity index (χ0v) is 20.4. The summed E-state index contributed by atoms with van der Waals surface area (Å²) in [7, 11) is 1.65. The maximum atomic E-state index is 12.0. The Kier molecular flexibility index (Phi) is 13.4. The fraction of sp³-hybridized carbons (Fsp3) is 0.619. The molecule has 1 aromatic rings. The van der Waals surface area contributed by atoms with Crippen LogP contribution in [-0.4, -0.2) is 64.0 Å². The van der Waals surface area contributed by atoms with Gasteiger partial charge in [-0.25, -0.2) is 4.99 Å². The normalized spacial score (nSPS) is 13.5. The second-order valence-electron chi connectivity index (χ2n) is 7.21. The average molecular weight is 534 g/mol. The molecule has 0 heterocycles. The Bertz CT molecular complexity index is 636. The molecule has 170 valence electrons. The first-order chi connectivity index (χ1) is 14.1. The van der Waals surface area contributed by atoms with Gasteiger partial charge in [0.2, 0.25) is 5.91 Å². The standard InChI is InChI=1S/C21H34N4O4.HI/c1-16(2)29-19-9-7-18(8-10-19)25-21(22-11-4-12-28-14-13-27-3)23-15-20(26)24-17-5-6-17;/h7-10,16-17H,4-6,11-15H2,1-3H3,(H,24,26)(H2,22,23,25);1H. The summed E-state index contributed by atoms with van der Waals surface area (Å²) >= 11 is 0. The lowest BCUT2D eigenvalue weighted by molar-refractivity contribution is -0.119. The van der Waals surface area contributed by atoms with Crippen LogP contribution in [0, 0.1) is 0 Å². The van der Waals surface area contributed by atoms with Gasteiger partial charge >= 0.3 is 0 Å². The largest absolute Gasteiger partial charge is 0.491 e. The maximum absolute atomic E-state index is 12.0. The van der Waals surface area contributed by atoms with Crippen molar-refractivity contribution in [1.29, 1.82) is 0 Å². The van der Waals surface area contributed by atoms with Crippen molar-refractivity contribution >= 4 is 41.5 Å². The molecule has 1 aromatic carbocycles. The fourth-order valence-corrected chi connectivity index (χ4v) is 2.44. The van der Waals surface area contributed by atoms with E-state index in [4.69, 9.17) is 14.2 Å². The quantitative estimate of drug-likeness (QED) is 0.156. The van der Waals surface area contributed by atoms with E-state index in [1.54, 1.807) is 7.11 Å². The van der Waals surface area contributed by atoms with Crippen LogP contribution in [0.1, 0.15) is 33.1 Å². The van der Waals surface area contributed by atoms with E-state index in [0.29, 0.717) is 38.4 Å². The first kappa shape index (κ1) is 26.4. The summed E-state index contributed by atoms with van der Waals surface area (Å²) in [5.41, 5.74) is 0.867. The number of halogens is 1. The third-order valence-corrected chi connectivity index (χ3v) is 4.00. The summed E-state index contributed by atoms with van der Waals surface area (Å²) in [6.45, 7) is 6.56. The first-order valence-electron chi connectivity index (χ1n) is 10.2. The molecule has 1 amide bonds. The van der Waals surface area contributed by atoms with Gasteiger partial charge in [0, 0.05) is 32.0 Å². The summed E-state index contributed by atoms with van der Waals surface area (Å²) in [6.07, 6.45) is 3.07. The Morgan fingerprint density at radius 2 is 1.90 bits per heavy atom. The van der Waals surface area contributed by atoms with Gasteiger partial charge in [0.1, 0.15) is 12.3 Å². The smallest absolute Gasteiger partial charge is 0.242 e. The number of amides is 1. The molecule has 0 bridgehead atoms. The number of carbonyl (C=O) groups excluding carboxylic acids is 1. The van der Waals surface area contributed by atoms with Gasteiger partial charge in [0.25, 0.3) is 0 Å². The van der Waals surface area contributed by atoms with E-state index in [1.807, 2.05) is 38.1 Å². The SMILES string of the molecule is COCCOCCCNC(=NCC(=O)NC1CC1)Nc1ccc(OC(C)C)cc1.I. The Hall–Kier alpha value is -1.59. The number of nitrogens with one attached hydrogen (secondary N) is 3. The molecule has 1 aliphatic carbocycles. The van der Waals surface area contributed by atoms with Crippen molar-refractivity contribution in [2.45, 2.75) is 45.3 Å². The molecule has 0 atom stereocenters. The van der Waals surface area contributed by atoms with E-state index in [9.17, 15) is 4.79 Å². The fourth-order valence-electron chi connectivity index (χ4n) is 2.44. The van der Waals surface area contributed by atoms with Crippen molar-refractivity contribution in [3.63, 3.8) is 0 Å². The number of nitrogens with zero attached hydrogens (tertiary/aromatic N) is 1. The number of anilines is 1. The van der Waals surface area contributed by atoms with Crippen LogP contribution in [0.4, 0.5) is 5.69 Å². The molecule has 0 spiro atoms. The topological polar surface area (TPSA) is 93.2 Å². The maximum Gasteiger partial charge on any atom is 0.242 e. The molecular weight excluding hydrogens is 499 g/mol. The Morgan fingerprint density at radius 3 is 2.53 bits per heavy atom. The number of hydrogen-bond donors (Lipinski definition) is 3. The van der Waals surface area contributed by atoms with Gasteiger partial charge in [0.05, 0.1) is 19.3 Å². The minimum atomic E-state index is -0.0582. The number of rotatable bonds is 13. The lowest BCUT2D eigenvalue weighted by Gasteiger charge is -2.14. The monoisotopic (exact) mass is 534 g/mol. The van der Waals surface area contributed by atoms with Crippen LogP contribution in [0.15, 0.2) is 29.3 Å². The van der Waals surface area contributed by atoms with Gasteiger partial charge in [-0.15, -0.1) is 24.0 Å². The lowest BCUT2D eigenvalue weighted by Crippen LogP contribution is -2.34. The highest BCUT2D eigenvalue weighted by molar-refractivity contribution is 14.0. The summed E-state index contributed by atoms with van der Waals surface area (Å²) in [4.78, 5) is 16.4. The number of benzene rings is 1. The highest BCUT2D eigenvalue weighted by atomic mass is 127. The minimum absolute atomic E-state index is 0. The number of aliphatic imine (C=N–C) groups is 1. The number of hydrogen-bond acceptors (Lipinski definition) is 5. The van der Waals surface area contributed by atoms with Crippen LogP contribution < -0.4 is 20.7 Å². The highest BCUT2D eigenvalue weighted by Crippen LogP contribution is 2.18. The molecule has 8 nitrogen and oxygen atoms in total. The van der Waals surface area contributed by atoms with Gasteiger partial charge in [0.15, 0.2) is 5.96 Å². The average Bonchev–Trinajstić information content (AvgIpc) is 3.50. The molecule has 2 rings (SSSR count). The zero-order chi connectivity index (χ0) is 20.9. The van der Waals surface area contributed by atoms with E-state index < -0.39 is 0 Å². The summed E-state index contributed by atoms with van der Waals surface area (Å²) in [6, 6.07) is 7.99. The number of guanidine groups is 1. The molecule has 0 radical (unpaired) electrons. The Balaban J connectivity index is 0.00000450. The van der Waals surface area contributed by atoms with Crippen LogP contribution in [0.2, 0.25) is 0 Å². The predicted octanol–water partition coefficient (Wildman–Crippen LogP) is 2.78. The van der Waals surface area contributed by atoms with Crippen LogP contribution in [0.3, 0.4) is 0 Å². The van der Waals surface area contributed by atoms with E-state index in [2.05, 4.69) is 20.9 Å².